The van der Waals surface area contributed by atoms with Gasteiger partial charge in [0.1, 0.15) is 0 Å². The number of carbonyl (C=O) groups is 2. The summed E-state index contributed by atoms with van der Waals surface area (Å²) in [5, 5.41) is 8.71. The van der Waals surface area contributed by atoms with Crippen molar-refractivity contribution in [1.29, 1.82) is 0 Å². The largest absolute Gasteiger partial charge is 0.481 e. The van der Waals surface area contributed by atoms with Crippen molar-refractivity contribution in [3.8, 4) is 0 Å². The van der Waals surface area contributed by atoms with E-state index in [1.165, 1.54) is 0 Å². The molecule has 0 saturated heterocycles. The van der Waals surface area contributed by atoms with E-state index in [9.17, 15) is 9.59 Å². The van der Waals surface area contributed by atoms with Gasteiger partial charge in [-0.2, -0.15) is 0 Å². The highest BCUT2D eigenvalue weighted by Crippen LogP contribution is 2.28. The summed E-state index contributed by atoms with van der Waals surface area (Å²) >= 11 is 0. The van der Waals surface area contributed by atoms with E-state index < -0.39 is 5.97 Å². The van der Waals surface area contributed by atoms with Crippen LogP contribution in [-0.4, -0.2) is 23.5 Å². The van der Waals surface area contributed by atoms with E-state index in [0.717, 1.165) is 16.8 Å². The lowest BCUT2D eigenvalue weighted by atomic mass is 9.98. The third kappa shape index (κ3) is 2.51. The van der Waals surface area contributed by atoms with Crippen LogP contribution < -0.4 is 10.6 Å². The molecule has 1 amide bonds. The molecular weight excluding hydrogens is 232 g/mol. The van der Waals surface area contributed by atoms with Gasteiger partial charge in [-0.15, -0.1) is 0 Å². The van der Waals surface area contributed by atoms with Crippen molar-refractivity contribution < 1.29 is 14.7 Å². The Morgan fingerprint density at radius 1 is 1.39 bits per heavy atom. The third-order valence-corrected chi connectivity index (χ3v) is 3.13. The summed E-state index contributed by atoms with van der Waals surface area (Å²) in [7, 11) is 0. The van der Waals surface area contributed by atoms with Crippen molar-refractivity contribution in [3.63, 3.8) is 0 Å². The van der Waals surface area contributed by atoms with Crippen LogP contribution in [0.5, 0.6) is 0 Å². The molecule has 0 unspecified atom stereocenters. The lowest BCUT2D eigenvalue weighted by molar-refractivity contribution is -0.136. The zero-order chi connectivity index (χ0) is 13.1. The van der Waals surface area contributed by atoms with Crippen molar-refractivity contribution in [2.24, 2.45) is 5.73 Å². The van der Waals surface area contributed by atoms with Gasteiger partial charge in [0.05, 0.1) is 6.42 Å². The lowest BCUT2D eigenvalue weighted by Gasteiger charge is -2.29. The van der Waals surface area contributed by atoms with Crippen LogP contribution in [0.1, 0.15) is 24.0 Å². The molecule has 0 spiro atoms. The molecule has 2 rings (SSSR count). The Kier molecular flexibility index (Phi) is 3.62. The second-order valence-corrected chi connectivity index (χ2v) is 4.36. The quantitative estimate of drug-likeness (QED) is 0.829. The maximum atomic E-state index is 11.8. The van der Waals surface area contributed by atoms with Crippen LogP contribution in [0.25, 0.3) is 0 Å². The minimum absolute atomic E-state index is 0.00996. The van der Waals surface area contributed by atoms with E-state index in [0.29, 0.717) is 19.4 Å². The number of aryl methyl sites for hydroxylation is 1. The van der Waals surface area contributed by atoms with Crippen molar-refractivity contribution in [3.05, 3.63) is 29.3 Å². The molecular formula is C13H16N2O3. The summed E-state index contributed by atoms with van der Waals surface area (Å²) in [5.41, 5.74) is 8.51. The first-order valence-corrected chi connectivity index (χ1v) is 5.96. The van der Waals surface area contributed by atoms with Gasteiger partial charge in [-0.25, -0.2) is 0 Å². The molecule has 0 aromatic heterocycles. The van der Waals surface area contributed by atoms with E-state index >= 15 is 0 Å². The number of anilines is 1. The number of hydrogen-bond acceptors (Lipinski definition) is 3. The molecule has 3 N–H and O–H groups in total. The first-order valence-electron chi connectivity index (χ1n) is 5.96. The first-order chi connectivity index (χ1) is 8.61. The number of rotatable bonds is 4. The molecule has 96 valence electrons. The topological polar surface area (TPSA) is 83.6 Å². The summed E-state index contributed by atoms with van der Waals surface area (Å²) in [5.74, 6) is -0.905. The number of fused-ring (bicyclic) bond motifs is 1. The Morgan fingerprint density at radius 2 is 2.17 bits per heavy atom. The minimum atomic E-state index is -0.895. The molecule has 0 aliphatic carbocycles. The van der Waals surface area contributed by atoms with E-state index in [4.69, 9.17) is 10.8 Å². The zero-order valence-electron chi connectivity index (χ0n) is 10.1. The Bertz CT molecular complexity index is 485. The van der Waals surface area contributed by atoms with Gasteiger partial charge in [0.2, 0.25) is 5.91 Å². The molecule has 5 nitrogen and oxygen atoms in total. The fourth-order valence-corrected chi connectivity index (χ4v) is 2.19. The average molecular weight is 248 g/mol. The van der Waals surface area contributed by atoms with Crippen LogP contribution in [-0.2, 0) is 22.6 Å². The fourth-order valence-electron chi connectivity index (χ4n) is 2.19. The Hall–Kier alpha value is -1.88. The fraction of sp³-hybridized carbons (Fsp3) is 0.385. The number of hydrogen-bond donors (Lipinski definition) is 2. The lowest BCUT2D eigenvalue weighted by Crippen LogP contribution is -2.36. The van der Waals surface area contributed by atoms with E-state index in [1.807, 2.05) is 18.2 Å². The predicted molar refractivity (Wildman–Crippen MR) is 67.3 cm³/mol. The zero-order valence-corrected chi connectivity index (χ0v) is 10.1. The molecule has 1 aliphatic heterocycles. The van der Waals surface area contributed by atoms with E-state index in [1.54, 1.807) is 4.90 Å². The van der Waals surface area contributed by atoms with Crippen LogP contribution in [0.2, 0.25) is 0 Å². The Balaban J connectivity index is 2.26. The third-order valence-electron chi connectivity index (χ3n) is 3.13. The number of carboxylic acids is 1. The minimum Gasteiger partial charge on any atom is -0.481 e. The van der Waals surface area contributed by atoms with Gasteiger partial charge < -0.3 is 15.7 Å². The summed E-state index contributed by atoms with van der Waals surface area (Å²) < 4.78 is 0. The second kappa shape index (κ2) is 5.18. The van der Waals surface area contributed by atoms with Gasteiger partial charge in [0.15, 0.2) is 0 Å². The molecule has 1 heterocycles. The molecule has 0 bridgehead atoms. The first kappa shape index (κ1) is 12.6. The average Bonchev–Trinajstić information content (AvgIpc) is 2.36. The summed E-state index contributed by atoms with van der Waals surface area (Å²) in [6.45, 7) is 0.694. The van der Waals surface area contributed by atoms with Gasteiger partial charge in [-0.05, 0) is 23.6 Å². The highest BCUT2D eigenvalue weighted by atomic mass is 16.4. The molecule has 1 aromatic carbocycles. The normalized spacial score (nSPS) is 14.5. The number of aliphatic carboxylic acids is 1. The summed E-state index contributed by atoms with van der Waals surface area (Å²) in [6, 6.07) is 5.73. The summed E-state index contributed by atoms with van der Waals surface area (Å²) in [6.07, 6.45) is 1.09. The number of carbonyl (C=O) groups excluding carboxylic acids is 1. The van der Waals surface area contributed by atoms with Gasteiger partial charge in [0.25, 0.3) is 0 Å². The Labute approximate surface area is 105 Å². The molecule has 0 saturated carbocycles. The number of amides is 1. The van der Waals surface area contributed by atoms with Crippen LogP contribution >= 0.6 is 0 Å². The SMILES string of the molecule is NCc1ccc2c(c1)CCC(=O)N2CCC(=O)O. The Morgan fingerprint density at radius 3 is 2.83 bits per heavy atom. The van der Waals surface area contributed by atoms with Crippen molar-refractivity contribution >= 4 is 17.6 Å². The van der Waals surface area contributed by atoms with Gasteiger partial charge in [-0.1, -0.05) is 12.1 Å². The van der Waals surface area contributed by atoms with Crippen molar-refractivity contribution in [1.82, 2.24) is 0 Å². The van der Waals surface area contributed by atoms with E-state index in [-0.39, 0.29) is 18.9 Å². The molecule has 18 heavy (non-hydrogen) atoms. The van der Waals surface area contributed by atoms with Gasteiger partial charge >= 0.3 is 5.97 Å². The van der Waals surface area contributed by atoms with Crippen LogP contribution in [0.4, 0.5) is 5.69 Å². The van der Waals surface area contributed by atoms with Gasteiger partial charge in [-0.3, -0.25) is 9.59 Å². The summed E-state index contributed by atoms with van der Waals surface area (Å²) in [4.78, 5) is 24.0. The highest BCUT2D eigenvalue weighted by molar-refractivity contribution is 5.96. The molecule has 0 radical (unpaired) electrons. The smallest absolute Gasteiger partial charge is 0.305 e. The van der Waals surface area contributed by atoms with Gasteiger partial charge in [0, 0.05) is 25.2 Å². The predicted octanol–water partition coefficient (Wildman–Crippen LogP) is 0.899. The maximum Gasteiger partial charge on any atom is 0.305 e. The second-order valence-electron chi connectivity index (χ2n) is 4.36. The molecule has 0 fully saturated rings. The van der Waals surface area contributed by atoms with Crippen molar-refractivity contribution in [2.75, 3.05) is 11.4 Å². The molecule has 0 atom stereocenters. The van der Waals surface area contributed by atoms with Crippen LogP contribution in [0.15, 0.2) is 18.2 Å². The molecule has 1 aromatic rings. The standard InChI is InChI=1S/C13H16N2O3/c14-8-9-1-3-11-10(7-9)2-4-12(16)15(11)6-5-13(17)18/h1,3,7H,2,4-6,8,14H2,(H,17,18). The van der Waals surface area contributed by atoms with Crippen molar-refractivity contribution in [2.45, 2.75) is 25.8 Å². The van der Waals surface area contributed by atoms with E-state index in [2.05, 4.69) is 0 Å². The molecule has 5 heteroatoms. The highest BCUT2D eigenvalue weighted by Gasteiger charge is 2.24. The monoisotopic (exact) mass is 248 g/mol. The number of nitrogens with zero attached hydrogens (tertiary/aromatic N) is 1. The van der Waals surface area contributed by atoms with Crippen LogP contribution in [0, 0.1) is 0 Å². The number of carboxylic acid groups (broad SMARTS) is 1. The van der Waals surface area contributed by atoms with Crippen LogP contribution in [0.3, 0.4) is 0 Å². The number of nitrogens with two attached hydrogens (primary N) is 1. The number of benzene rings is 1. The molecule has 1 aliphatic rings. The maximum absolute atomic E-state index is 11.8.